The molecule has 7 heteroatoms. The smallest absolute Gasteiger partial charge is 0.552 e. The molecule has 0 radical (unpaired) electrons. The third kappa shape index (κ3) is 90.3. The molecule has 0 aromatic carbocycles. The van der Waals surface area contributed by atoms with Crippen molar-refractivity contribution in [1.82, 2.24) is 0 Å². The van der Waals surface area contributed by atoms with E-state index in [0.29, 0.717) is 0 Å². The van der Waals surface area contributed by atoms with Crippen molar-refractivity contribution in [2.24, 2.45) is 0 Å². The third-order valence-electron chi connectivity index (χ3n) is 1.44. The van der Waals surface area contributed by atoms with Gasteiger partial charge in [-0.25, -0.2) is 11.2 Å². The molecule has 112 valence electrons. The van der Waals surface area contributed by atoms with Gasteiger partial charge in [0.25, 0.3) is 0 Å². The zero-order valence-electron chi connectivity index (χ0n) is 12.7. The number of hydrogen-bond acceptors (Lipinski definition) is 2. The van der Waals surface area contributed by atoms with Gasteiger partial charge in [-0.3, -0.25) is 0 Å². The van der Waals surface area contributed by atoms with Gasteiger partial charge in [-0.05, 0) is 12.8 Å². The van der Waals surface area contributed by atoms with E-state index in [4.69, 9.17) is 24.0 Å². The molecule has 0 aliphatic carbocycles. The van der Waals surface area contributed by atoms with E-state index in [0.717, 1.165) is 19.4 Å². The maximum atomic E-state index is 8.88. The average Bonchev–Trinajstić information content (AvgIpc) is 2.27. The van der Waals surface area contributed by atoms with Crippen LogP contribution in [0, 0.1) is 6.61 Å². The van der Waals surface area contributed by atoms with Crippen molar-refractivity contribution >= 4 is 7.82 Å². The van der Waals surface area contributed by atoms with Gasteiger partial charge in [-0.1, -0.05) is 39.7 Å². The van der Waals surface area contributed by atoms with Crippen LogP contribution in [0.4, 0.5) is 0 Å². The van der Waals surface area contributed by atoms with Gasteiger partial charge in [0.15, 0.2) is 0 Å². The zero-order valence-corrected chi connectivity index (χ0v) is 13.6. The first-order chi connectivity index (χ1) is 8.33. The maximum absolute atomic E-state index is 8.88. The normalized spacial score (nSPS) is 9.16. The fourth-order valence-electron chi connectivity index (χ4n) is 0.637. The summed E-state index contributed by atoms with van der Waals surface area (Å²) in [5.74, 6) is 0. The molecule has 0 aromatic rings. The predicted octanol–water partition coefficient (Wildman–Crippen LogP) is 0.423. The van der Waals surface area contributed by atoms with Gasteiger partial charge in [0, 0.05) is 6.61 Å². The minimum absolute atomic E-state index is 0. The second-order valence-corrected chi connectivity index (χ2v) is 4.39. The van der Waals surface area contributed by atoms with Crippen molar-refractivity contribution in [3.05, 3.63) is 19.3 Å². The molecule has 0 saturated heterocycles. The minimum atomic E-state index is -4.64. The summed E-state index contributed by atoms with van der Waals surface area (Å²) in [6.07, 6.45) is 7.74. The number of hydrogen-bond donors (Lipinski definition) is 3. The molecule has 0 rings (SSSR count). The van der Waals surface area contributed by atoms with Gasteiger partial charge in [-0.15, -0.1) is 6.58 Å². The van der Waals surface area contributed by atoms with E-state index >= 15 is 0 Å². The number of rotatable bonds is 7. The Balaban J connectivity index is -0.0000000964. The van der Waals surface area contributed by atoms with Crippen LogP contribution in [0.3, 0.4) is 0 Å². The molecule has 0 spiro atoms. The Morgan fingerprint density at radius 3 is 1.89 bits per heavy atom. The predicted molar refractivity (Wildman–Crippen MR) is 74.8 cm³/mol. The summed E-state index contributed by atoms with van der Waals surface area (Å²) in [5, 5.41) is 0. The summed E-state index contributed by atoms with van der Waals surface area (Å²) in [6, 6.07) is 0. The van der Waals surface area contributed by atoms with Gasteiger partial charge in [-0.2, -0.15) is 6.42 Å². The second kappa shape index (κ2) is 23.5. The van der Waals surface area contributed by atoms with Gasteiger partial charge in [0.2, 0.25) is 0 Å². The van der Waals surface area contributed by atoms with Gasteiger partial charge in [0.1, 0.15) is 0 Å². The number of phosphoric acid groups is 1. The molecule has 19 heavy (non-hydrogen) atoms. The Morgan fingerprint density at radius 1 is 1.21 bits per heavy atom. The largest absolute Gasteiger partial charge is 1.00 e. The Hall–Kier alpha value is 0.407. The average molecular weight is 290 g/mol. The van der Waals surface area contributed by atoms with Crippen LogP contribution in [-0.4, -0.2) is 21.3 Å². The molecule has 0 saturated carbocycles. The Kier molecular flexibility index (Phi) is 34.3. The van der Waals surface area contributed by atoms with E-state index < -0.39 is 7.82 Å². The summed E-state index contributed by atoms with van der Waals surface area (Å²) in [5.41, 5.74) is 0. The molecule has 0 unspecified atom stereocenters. The molecule has 0 heterocycles. The van der Waals surface area contributed by atoms with Gasteiger partial charge < -0.3 is 19.4 Å². The molecule has 0 bridgehead atoms. The molecule has 3 N–H and O–H groups in total. The fourth-order valence-corrected chi connectivity index (χ4v) is 0.637. The Labute approximate surface area is 129 Å². The van der Waals surface area contributed by atoms with Crippen LogP contribution in [0.15, 0.2) is 12.7 Å². The quantitative estimate of drug-likeness (QED) is 0.208. The van der Waals surface area contributed by atoms with Gasteiger partial charge >= 0.3 is 26.7 Å². The van der Waals surface area contributed by atoms with E-state index in [1.54, 1.807) is 0 Å². The standard InChI is InChI=1S/C8H17O.C4H8.Li.H3O4P/c1-3-5-6-8-9-7-4-2;1-3-4-2;;1-5(2,3)4/h7H,3-6,8H2,1-2H3;3H,1,4H2,2H3;;(H3,1,2,3,4)/q-1;;+1;. The summed E-state index contributed by atoms with van der Waals surface area (Å²) in [6.45, 7) is 12.6. The van der Waals surface area contributed by atoms with E-state index in [2.05, 4.69) is 27.4 Å². The summed E-state index contributed by atoms with van der Waals surface area (Å²) < 4.78 is 14.0. The van der Waals surface area contributed by atoms with Crippen LogP contribution in [0.5, 0.6) is 0 Å². The topological polar surface area (TPSA) is 87.0 Å². The van der Waals surface area contributed by atoms with Crippen molar-refractivity contribution in [1.29, 1.82) is 0 Å². The minimum Gasteiger partial charge on any atom is -0.552 e. The maximum Gasteiger partial charge on any atom is 1.00 e. The van der Waals surface area contributed by atoms with Crippen LogP contribution in [-0.2, 0) is 9.30 Å². The van der Waals surface area contributed by atoms with E-state index in [9.17, 15) is 0 Å². The number of allylic oxidation sites excluding steroid dienone is 1. The Morgan fingerprint density at radius 2 is 1.63 bits per heavy atom. The van der Waals surface area contributed by atoms with Crippen molar-refractivity contribution < 1.29 is 42.8 Å². The third-order valence-corrected chi connectivity index (χ3v) is 1.44. The monoisotopic (exact) mass is 290 g/mol. The van der Waals surface area contributed by atoms with Crippen molar-refractivity contribution in [2.45, 2.75) is 52.9 Å². The van der Waals surface area contributed by atoms with E-state index in [1.807, 2.05) is 12.7 Å². The second-order valence-electron chi connectivity index (χ2n) is 3.36. The van der Waals surface area contributed by atoms with Crippen LogP contribution in [0.2, 0.25) is 0 Å². The molecule has 0 aromatic heterocycles. The SMILES string of the molecule is C=CCC.CC[CH-]OCCCCC.O=P(O)(O)O.[Li+]. The van der Waals surface area contributed by atoms with Crippen molar-refractivity contribution in [3.8, 4) is 0 Å². The molecule has 0 aliphatic rings. The molecular formula is C12H28LiO5P. The molecule has 0 aliphatic heterocycles. The number of ether oxygens (including phenoxy) is 1. The summed E-state index contributed by atoms with van der Waals surface area (Å²) >= 11 is 0. The zero-order chi connectivity index (χ0) is 14.9. The van der Waals surface area contributed by atoms with Crippen molar-refractivity contribution in [3.63, 3.8) is 0 Å². The molecular weight excluding hydrogens is 262 g/mol. The molecule has 0 fully saturated rings. The fraction of sp³-hybridized carbons (Fsp3) is 0.750. The van der Waals surface area contributed by atoms with Crippen LogP contribution in [0.25, 0.3) is 0 Å². The molecule has 5 nitrogen and oxygen atoms in total. The van der Waals surface area contributed by atoms with Gasteiger partial charge in [0.05, 0.1) is 0 Å². The van der Waals surface area contributed by atoms with Crippen molar-refractivity contribution in [2.75, 3.05) is 6.61 Å². The molecule has 0 amide bonds. The first-order valence-corrected chi connectivity index (χ1v) is 7.72. The Bertz CT molecular complexity index is 182. The molecule has 0 atom stereocenters. The summed E-state index contributed by atoms with van der Waals surface area (Å²) in [7, 11) is -4.64. The first-order valence-electron chi connectivity index (χ1n) is 6.15. The van der Waals surface area contributed by atoms with E-state index in [1.165, 1.54) is 19.3 Å². The van der Waals surface area contributed by atoms with Crippen LogP contribution >= 0.6 is 7.82 Å². The first kappa shape index (κ1) is 27.7. The van der Waals surface area contributed by atoms with Crippen LogP contribution in [0.1, 0.15) is 52.9 Å². The van der Waals surface area contributed by atoms with Crippen LogP contribution < -0.4 is 18.9 Å². The van der Waals surface area contributed by atoms with E-state index in [-0.39, 0.29) is 18.9 Å². The summed E-state index contributed by atoms with van der Waals surface area (Å²) in [4.78, 5) is 21.6. The number of unbranched alkanes of at least 4 members (excludes halogenated alkanes) is 2.